The lowest BCUT2D eigenvalue weighted by molar-refractivity contribution is -0.114. The number of hydrogen-bond acceptors (Lipinski definition) is 8. The number of ketones is 1. The fourth-order valence-corrected chi connectivity index (χ4v) is 4.87. The highest BCUT2D eigenvalue weighted by Gasteiger charge is 2.26. The van der Waals surface area contributed by atoms with Crippen molar-refractivity contribution in [3.63, 3.8) is 0 Å². The zero-order valence-corrected chi connectivity index (χ0v) is 18.2. The summed E-state index contributed by atoms with van der Waals surface area (Å²) in [6.07, 6.45) is 0. The molecule has 0 unspecified atom stereocenters. The fourth-order valence-electron chi connectivity index (χ4n) is 3.42. The predicted octanol–water partition coefficient (Wildman–Crippen LogP) is 1.69. The molecule has 0 aromatic heterocycles. The summed E-state index contributed by atoms with van der Waals surface area (Å²) in [6.45, 7) is 2.64. The second-order valence-corrected chi connectivity index (χ2v) is 9.19. The molecule has 2 aliphatic rings. The molecule has 0 radical (unpaired) electrons. The maximum Gasteiger partial charge on any atom is 0.243 e. The highest BCUT2D eigenvalue weighted by Crippen LogP contribution is 2.37. The van der Waals surface area contributed by atoms with Crippen LogP contribution >= 0.6 is 0 Å². The third-order valence-electron chi connectivity index (χ3n) is 5.06. The molecule has 32 heavy (non-hydrogen) atoms. The summed E-state index contributed by atoms with van der Waals surface area (Å²) in [5.41, 5.74) is 1.10. The van der Waals surface area contributed by atoms with E-state index >= 15 is 0 Å². The minimum atomic E-state index is -3.64. The lowest BCUT2D eigenvalue weighted by Gasteiger charge is -2.26. The molecule has 2 aromatic rings. The summed E-state index contributed by atoms with van der Waals surface area (Å²) in [6, 6.07) is 9.37. The maximum atomic E-state index is 12.8. The summed E-state index contributed by atoms with van der Waals surface area (Å²) in [5.74, 6) is 0.254. The number of benzene rings is 2. The number of nitrogens with one attached hydrogen (secondary N) is 2. The first-order chi connectivity index (χ1) is 15.3. The molecule has 10 nitrogen and oxygen atoms in total. The van der Waals surface area contributed by atoms with Crippen molar-refractivity contribution >= 4 is 33.1 Å². The third-order valence-corrected chi connectivity index (χ3v) is 6.96. The second kappa shape index (κ2) is 9.15. The van der Waals surface area contributed by atoms with Gasteiger partial charge in [-0.25, -0.2) is 8.42 Å². The van der Waals surface area contributed by atoms with Gasteiger partial charge in [-0.05, 0) is 31.2 Å². The van der Waals surface area contributed by atoms with Gasteiger partial charge in [0.2, 0.25) is 22.7 Å². The first-order valence-corrected chi connectivity index (χ1v) is 11.4. The first kappa shape index (κ1) is 22.1. The van der Waals surface area contributed by atoms with Crippen LogP contribution < -0.4 is 20.1 Å². The van der Waals surface area contributed by atoms with E-state index in [2.05, 4.69) is 10.6 Å². The lowest BCUT2D eigenvalue weighted by atomic mass is 10.1. The van der Waals surface area contributed by atoms with Gasteiger partial charge >= 0.3 is 0 Å². The minimum Gasteiger partial charge on any atom is -0.454 e. The van der Waals surface area contributed by atoms with Crippen LogP contribution in [0.25, 0.3) is 0 Å². The van der Waals surface area contributed by atoms with Crippen molar-refractivity contribution < 1.29 is 32.2 Å². The molecule has 1 fully saturated rings. The van der Waals surface area contributed by atoms with Gasteiger partial charge in [-0.3, -0.25) is 9.59 Å². The Morgan fingerprint density at radius 3 is 2.50 bits per heavy atom. The number of anilines is 2. The quantitative estimate of drug-likeness (QED) is 0.597. The molecule has 2 N–H and O–H groups in total. The van der Waals surface area contributed by atoms with Gasteiger partial charge in [0, 0.05) is 30.4 Å². The van der Waals surface area contributed by atoms with E-state index in [0.717, 1.165) is 0 Å². The molecule has 0 atom stereocenters. The second-order valence-electron chi connectivity index (χ2n) is 7.25. The van der Waals surface area contributed by atoms with Crippen molar-refractivity contribution in [2.45, 2.75) is 11.8 Å². The van der Waals surface area contributed by atoms with Crippen LogP contribution in [0.15, 0.2) is 41.3 Å². The Kier molecular flexibility index (Phi) is 6.31. The molecule has 2 aromatic carbocycles. The summed E-state index contributed by atoms with van der Waals surface area (Å²) in [4.78, 5) is 24.6. The number of rotatable bonds is 7. The summed E-state index contributed by atoms with van der Waals surface area (Å²) < 4.78 is 42.8. The molecule has 0 spiro atoms. The van der Waals surface area contributed by atoms with E-state index in [0.29, 0.717) is 54.7 Å². The highest BCUT2D eigenvalue weighted by atomic mass is 32.2. The molecule has 0 bridgehead atoms. The van der Waals surface area contributed by atoms with E-state index in [1.54, 1.807) is 18.2 Å². The van der Waals surface area contributed by atoms with Crippen LogP contribution in [0.2, 0.25) is 0 Å². The van der Waals surface area contributed by atoms with Crippen LogP contribution in [0, 0.1) is 0 Å². The number of sulfonamides is 1. The van der Waals surface area contributed by atoms with Crippen molar-refractivity contribution in [3.05, 3.63) is 42.0 Å². The maximum absolute atomic E-state index is 12.8. The molecule has 0 saturated carbocycles. The van der Waals surface area contributed by atoms with Gasteiger partial charge in [0.05, 0.1) is 30.3 Å². The van der Waals surface area contributed by atoms with Gasteiger partial charge in [-0.1, -0.05) is 6.07 Å². The van der Waals surface area contributed by atoms with Gasteiger partial charge in [-0.2, -0.15) is 4.31 Å². The number of carbonyl (C=O) groups is 2. The van der Waals surface area contributed by atoms with Crippen LogP contribution in [-0.4, -0.2) is 64.1 Å². The Hall–Kier alpha value is -3.15. The number of fused-ring (bicyclic) bond motifs is 1. The first-order valence-electron chi connectivity index (χ1n) is 10.0. The molecule has 0 aliphatic carbocycles. The van der Waals surface area contributed by atoms with E-state index in [9.17, 15) is 18.0 Å². The van der Waals surface area contributed by atoms with E-state index in [-0.39, 0.29) is 24.0 Å². The molecule has 11 heteroatoms. The standard InChI is InChI=1S/C21H23N3O7S/c1-14(25)17-10-19-20(31-13-30-19)11-18(17)23-21(26)12-22-15-3-2-4-16(9-15)32(27,28)24-5-7-29-8-6-24/h2-4,9-11,22H,5-8,12-13H2,1H3,(H,23,26). The number of nitrogens with zero attached hydrogens (tertiary/aromatic N) is 1. The number of carbonyl (C=O) groups excluding carboxylic acids is 2. The van der Waals surface area contributed by atoms with Crippen molar-refractivity contribution in [2.24, 2.45) is 0 Å². The van der Waals surface area contributed by atoms with Gasteiger partial charge in [0.25, 0.3) is 0 Å². The Balaban J connectivity index is 1.43. The zero-order chi connectivity index (χ0) is 22.7. The third kappa shape index (κ3) is 4.69. The minimum absolute atomic E-state index is 0.0509. The number of ether oxygens (including phenoxy) is 3. The van der Waals surface area contributed by atoms with Gasteiger partial charge in [0.1, 0.15) is 0 Å². The topological polar surface area (TPSA) is 123 Å². The number of amides is 1. The Morgan fingerprint density at radius 1 is 1.06 bits per heavy atom. The molecular formula is C21H23N3O7S. The van der Waals surface area contributed by atoms with Crippen LogP contribution in [0.5, 0.6) is 11.5 Å². The van der Waals surface area contributed by atoms with Crippen LogP contribution in [-0.2, 0) is 19.6 Å². The molecule has 2 aliphatic heterocycles. The molecule has 1 amide bonds. The fraction of sp³-hybridized carbons (Fsp3) is 0.333. The van der Waals surface area contributed by atoms with E-state index in [1.807, 2.05) is 0 Å². The molecule has 1 saturated heterocycles. The summed E-state index contributed by atoms with van der Waals surface area (Å²) in [5, 5.41) is 5.61. The van der Waals surface area contributed by atoms with Crippen molar-refractivity contribution in [1.82, 2.24) is 4.31 Å². The van der Waals surface area contributed by atoms with Gasteiger partial charge in [0.15, 0.2) is 17.3 Å². The van der Waals surface area contributed by atoms with Crippen molar-refractivity contribution in [1.29, 1.82) is 0 Å². The predicted molar refractivity (Wildman–Crippen MR) is 116 cm³/mol. The Morgan fingerprint density at radius 2 is 1.78 bits per heavy atom. The number of Topliss-reactive ketones (excluding diaryl/α,β-unsaturated/α-hetero) is 1. The summed E-state index contributed by atoms with van der Waals surface area (Å²) in [7, 11) is -3.64. The van der Waals surface area contributed by atoms with Crippen LogP contribution in [0.4, 0.5) is 11.4 Å². The number of hydrogen-bond donors (Lipinski definition) is 2. The zero-order valence-electron chi connectivity index (χ0n) is 17.4. The Bertz CT molecular complexity index is 1140. The van der Waals surface area contributed by atoms with Crippen LogP contribution in [0.3, 0.4) is 0 Å². The van der Waals surface area contributed by atoms with E-state index < -0.39 is 15.9 Å². The van der Waals surface area contributed by atoms with E-state index in [4.69, 9.17) is 14.2 Å². The van der Waals surface area contributed by atoms with Crippen molar-refractivity contribution in [3.8, 4) is 11.5 Å². The molecule has 170 valence electrons. The smallest absolute Gasteiger partial charge is 0.243 e. The lowest BCUT2D eigenvalue weighted by Crippen LogP contribution is -2.40. The normalized spacial score (nSPS) is 15.9. The molecular weight excluding hydrogens is 438 g/mol. The summed E-state index contributed by atoms with van der Waals surface area (Å²) >= 11 is 0. The molecule has 4 rings (SSSR count). The Labute approximate surface area is 185 Å². The monoisotopic (exact) mass is 461 g/mol. The number of morpholine rings is 1. The van der Waals surface area contributed by atoms with E-state index in [1.165, 1.54) is 29.4 Å². The van der Waals surface area contributed by atoms with Gasteiger partial charge in [-0.15, -0.1) is 0 Å². The van der Waals surface area contributed by atoms with Crippen molar-refractivity contribution in [2.75, 3.05) is 50.3 Å². The highest BCUT2D eigenvalue weighted by molar-refractivity contribution is 7.89. The molecule has 2 heterocycles. The van der Waals surface area contributed by atoms with Crippen LogP contribution in [0.1, 0.15) is 17.3 Å². The SMILES string of the molecule is CC(=O)c1cc2c(cc1NC(=O)CNc1cccc(S(=O)(=O)N3CCOCC3)c1)OCO2. The average molecular weight is 461 g/mol. The average Bonchev–Trinajstić information content (AvgIpc) is 3.25. The largest absolute Gasteiger partial charge is 0.454 e. The van der Waals surface area contributed by atoms with Gasteiger partial charge < -0.3 is 24.8 Å².